The highest BCUT2D eigenvalue weighted by Crippen LogP contribution is 2.16. The highest BCUT2D eigenvalue weighted by Gasteiger charge is 2.13. The first-order valence-corrected chi connectivity index (χ1v) is 5.75. The average molecular weight is 233 g/mol. The van der Waals surface area contributed by atoms with Gasteiger partial charge in [0.2, 0.25) is 0 Å². The quantitative estimate of drug-likeness (QED) is 0.869. The van der Waals surface area contributed by atoms with Gasteiger partial charge in [-0.3, -0.25) is 4.68 Å². The van der Waals surface area contributed by atoms with E-state index < -0.39 is 0 Å². The number of rotatable bonds is 3. The van der Waals surface area contributed by atoms with Gasteiger partial charge in [-0.2, -0.15) is 5.10 Å². The van der Waals surface area contributed by atoms with Crippen LogP contribution in [0.1, 0.15) is 35.6 Å². The number of aryl methyl sites for hydroxylation is 2. The maximum Gasteiger partial charge on any atom is 0.0951 e. The van der Waals surface area contributed by atoms with Crippen LogP contribution in [-0.2, 0) is 13.6 Å². The van der Waals surface area contributed by atoms with Crippen LogP contribution in [0.2, 0.25) is 0 Å². The van der Waals surface area contributed by atoms with Crippen molar-refractivity contribution in [3.63, 3.8) is 0 Å². The zero-order chi connectivity index (χ0) is 12.6. The lowest BCUT2D eigenvalue weighted by Gasteiger charge is -2.11. The Kier molecular flexibility index (Phi) is 3.02. The van der Waals surface area contributed by atoms with Crippen molar-refractivity contribution in [1.82, 2.24) is 19.3 Å². The van der Waals surface area contributed by atoms with E-state index in [2.05, 4.69) is 21.6 Å². The topological polar surface area (TPSA) is 61.7 Å². The molecule has 2 aromatic heterocycles. The Bertz CT molecular complexity index is 521. The van der Waals surface area contributed by atoms with Gasteiger partial charge in [0.05, 0.1) is 24.3 Å². The van der Waals surface area contributed by atoms with Gasteiger partial charge in [0.25, 0.3) is 0 Å². The fourth-order valence-corrected chi connectivity index (χ4v) is 2.06. The molecule has 0 aliphatic heterocycles. The van der Waals surface area contributed by atoms with Crippen LogP contribution in [-0.4, -0.2) is 19.3 Å². The molecule has 0 fully saturated rings. The van der Waals surface area contributed by atoms with Crippen LogP contribution in [0, 0.1) is 13.8 Å². The van der Waals surface area contributed by atoms with Crippen LogP contribution >= 0.6 is 0 Å². The van der Waals surface area contributed by atoms with E-state index in [0.717, 1.165) is 17.9 Å². The van der Waals surface area contributed by atoms with Crippen LogP contribution in [0.15, 0.2) is 12.5 Å². The maximum absolute atomic E-state index is 5.91. The molecule has 17 heavy (non-hydrogen) atoms. The average Bonchev–Trinajstić information content (AvgIpc) is 2.80. The van der Waals surface area contributed by atoms with Gasteiger partial charge in [-0.05, 0) is 20.8 Å². The summed E-state index contributed by atoms with van der Waals surface area (Å²) in [6.45, 7) is 6.86. The Labute approximate surface area is 101 Å². The Balaban J connectivity index is 2.35. The van der Waals surface area contributed by atoms with Crippen molar-refractivity contribution in [2.45, 2.75) is 33.4 Å². The summed E-state index contributed by atoms with van der Waals surface area (Å²) in [5, 5.41) is 4.42. The first-order chi connectivity index (χ1) is 8.00. The highest BCUT2D eigenvalue weighted by atomic mass is 15.3. The van der Waals surface area contributed by atoms with Crippen molar-refractivity contribution in [2.24, 2.45) is 12.8 Å². The van der Waals surface area contributed by atoms with Crippen molar-refractivity contribution in [1.29, 1.82) is 0 Å². The van der Waals surface area contributed by atoms with E-state index in [1.807, 2.05) is 38.1 Å². The van der Waals surface area contributed by atoms with Crippen LogP contribution in [0.5, 0.6) is 0 Å². The van der Waals surface area contributed by atoms with E-state index in [4.69, 9.17) is 5.73 Å². The third kappa shape index (κ3) is 2.10. The first-order valence-electron chi connectivity index (χ1n) is 5.75. The molecule has 0 aromatic carbocycles. The molecule has 92 valence electrons. The second kappa shape index (κ2) is 4.33. The van der Waals surface area contributed by atoms with Crippen molar-refractivity contribution < 1.29 is 0 Å². The van der Waals surface area contributed by atoms with Crippen molar-refractivity contribution in [3.05, 3.63) is 35.2 Å². The summed E-state index contributed by atoms with van der Waals surface area (Å²) in [6, 6.07) is -0.00483. The standard InChI is InChI=1S/C12H19N5/c1-8(13)12-5-14-7-17(12)6-11-9(2)15-16(4)10(11)3/h5,7-8H,6,13H2,1-4H3/t8-/m1/s1. The second-order valence-corrected chi connectivity index (χ2v) is 4.51. The smallest absolute Gasteiger partial charge is 0.0951 e. The maximum atomic E-state index is 5.91. The minimum Gasteiger partial charge on any atom is -0.329 e. The van der Waals surface area contributed by atoms with E-state index in [9.17, 15) is 0 Å². The predicted molar refractivity (Wildman–Crippen MR) is 66.6 cm³/mol. The summed E-state index contributed by atoms with van der Waals surface area (Å²) in [5.74, 6) is 0. The molecule has 0 unspecified atom stereocenters. The molecule has 2 N–H and O–H groups in total. The Morgan fingerprint density at radius 3 is 2.65 bits per heavy atom. The molecule has 5 heteroatoms. The molecule has 2 aromatic rings. The molecule has 0 bridgehead atoms. The molecule has 0 aliphatic carbocycles. The third-order valence-electron chi connectivity index (χ3n) is 3.20. The monoisotopic (exact) mass is 233 g/mol. The van der Waals surface area contributed by atoms with E-state index in [1.54, 1.807) is 0 Å². The lowest BCUT2D eigenvalue weighted by atomic mass is 10.2. The Hall–Kier alpha value is -1.62. The minimum atomic E-state index is -0.00483. The summed E-state index contributed by atoms with van der Waals surface area (Å²) in [5.41, 5.74) is 10.5. The highest BCUT2D eigenvalue weighted by molar-refractivity contribution is 5.25. The van der Waals surface area contributed by atoms with E-state index in [-0.39, 0.29) is 6.04 Å². The van der Waals surface area contributed by atoms with E-state index >= 15 is 0 Å². The minimum absolute atomic E-state index is 0.00483. The van der Waals surface area contributed by atoms with Gasteiger partial charge in [-0.1, -0.05) is 0 Å². The van der Waals surface area contributed by atoms with Gasteiger partial charge in [-0.25, -0.2) is 4.98 Å². The van der Waals surface area contributed by atoms with E-state index in [1.165, 1.54) is 11.3 Å². The molecule has 2 rings (SSSR count). The Morgan fingerprint density at radius 1 is 1.41 bits per heavy atom. The van der Waals surface area contributed by atoms with Crippen LogP contribution in [0.4, 0.5) is 0 Å². The molecule has 5 nitrogen and oxygen atoms in total. The van der Waals surface area contributed by atoms with Crippen molar-refractivity contribution >= 4 is 0 Å². The fourth-order valence-electron chi connectivity index (χ4n) is 2.06. The van der Waals surface area contributed by atoms with Gasteiger partial charge in [0.15, 0.2) is 0 Å². The summed E-state index contributed by atoms with van der Waals surface area (Å²) in [7, 11) is 1.96. The summed E-state index contributed by atoms with van der Waals surface area (Å²) < 4.78 is 3.99. The SMILES string of the molecule is Cc1nn(C)c(C)c1Cn1cncc1[C@@H](C)N. The molecule has 0 spiro atoms. The normalized spacial score (nSPS) is 13.0. The summed E-state index contributed by atoms with van der Waals surface area (Å²) in [4.78, 5) is 4.16. The van der Waals surface area contributed by atoms with Gasteiger partial charge in [-0.15, -0.1) is 0 Å². The summed E-state index contributed by atoms with van der Waals surface area (Å²) in [6.07, 6.45) is 3.65. The van der Waals surface area contributed by atoms with Gasteiger partial charge < -0.3 is 10.3 Å². The molecular formula is C12H19N5. The molecule has 0 aliphatic rings. The molecular weight excluding hydrogens is 214 g/mol. The van der Waals surface area contributed by atoms with Crippen LogP contribution in [0.25, 0.3) is 0 Å². The third-order valence-corrected chi connectivity index (χ3v) is 3.20. The lowest BCUT2D eigenvalue weighted by molar-refractivity contribution is 0.669. The van der Waals surface area contributed by atoms with Crippen LogP contribution in [0.3, 0.4) is 0 Å². The summed E-state index contributed by atoms with van der Waals surface area (Å²) >= 11 is 0. The van der Waals surface area contributed by atoms with Crippen molar-refractivity contribution in [3.8, 4) is 0 Å². The lowest BCUT2D eigenvalue weighted by Crippen LogP contribution is -2.13. The predicted octanol–water partition coefficient (Wildman–Crippen LogP) is 1.30. The second-order valence-electron chi connectivity index (χ2n) is 4.51. The molecule has 0 amide bonds. The van der Waals surface area contributed by atoms with Gasteiger partial charge in [0.1, 0.15) is 0 Å². The number of hydrogen-bond acceptors (Lipinski definition) is 3. The van der Waals surface area contributed by atoms with Crippen LogP contribution < -0.4 is 5.73 Å². The Morgan fingerprint density at radius 2 is 2.12 bits per heavy atom. The number of nitrogens with zero attached hydrogens (tertiary/aromatic N) is 4. The number of hydrogen-bond donors (Lipinski definition) is 1. The zero-order valence-corrected chi connectivity index (χ0v) is 10.8. The number of imidazole rings is 1. The first kappa shape index (κ1) is 11.9. The molecule has 0 saturated heterocycles. The number of nitrogens with two attached hydrogens (primary N) is 1. The largest absolute Gasteiger partial charge is 0.329 e. The zero-order valence-electron chi connectivity index (χ0n) is 10.8. The number of aromatic nitrogens is 4. The molecule has 0 radical (unpaired) electrons. The van der Waals surface area contributed by atoms with Crippen molar-refractivity contribution in [2.75, 3.05) is 0 Å². The fraction of sp³-hybridized carbons (Fsp3) is 0.500. The molecule has 1 atom stereocenters. The van der Waals surface area contributed by atoms with E-state index in [0.29, 0.717) is 0 Å². The molecule has 2 heterocycles. The molecule has 0 saturated carbocycles. The van der Waals surface area contributed by atoms with Gasteiger partial charge in [0, 0.05) is 30.5 Å². The van der Waals surface area contributed by atoms with Gasteiger partial charge >= 0.3 is 0 Å².